The van der Waals surface area contributed by atoms with Gasteiger partial charge in [0.1, 0.15) is 5.54 Å². The number of likely N-dealkylation sites (N-methyl/N-ethyl adjacent to an activating group) is 2. The van der Waals surface area contributed by atoms with Crippen LogP contribution >= 0.6 is 0 Å². The summed E-state index contributed by atoms with van der Waals surface area (Å²) < 4.78 is 12.2. The minimum absolute atomic E-state index is 0.0191. The number of hydrogen-bond donors (Lipinski definition) is 3. The summed E-state index contributed by atoms with van der Waals surface area (Å²) in [4.78, 5) is 82.2. The minimum Gasteiger partial charge on any atom is -0.379 e. The normalized spacial score (nSPS) is 23.8. The molecule has 15 heteroatoms. The maximum atomic E-state index is 14.5. The second-order valence-electron chi connectivity index (χ2n) is 18.7. The summed E-state index contributed by atoms with van der Waals surface area (Å²) in [7, 11) is 6.92. The molecule has 4 rings (SSSR count). The van der Waals surface area contributed by atoms with E-state index in [1.54, 1.807) is 21.1 Å². The van der Waals surface area contributed by atoms with Gasteiger partial charge in [0, 0.05) is 39.3 Å². The molecule has 3 fully saturated rings. The van der Waals surface area contributed by atoms with E-state index in [1.165, 1.54) is 5.06 Å². The molecule has 10 atom stereocenters. The summed E-state index contributed by atoms with van der Waals surface area (Å²) in [6.07, 6.45) is 3.87. The van der Waals surface area contributed by atoms with Crippen LogP contribution in [0.15, 0.2) is 30.3 Å². The number of methoxy groups -OCH3 is 2. The number of ether oxygens (including phenoxy) is 2. The topological polar surface area (TPSA) is 176 Å². The number of nitrogens with two attached hydrogens (primary N) is 1. The highest BCUT2D eigenvalue weighted by Crippen LogP contribution is 2.53. The van der Waals surface area contributed by atoms with Gasteiger partial charge >= 0.3 is 0 Å². The highest BCUT2D eigenvalue weighted by atomic mass is 16.7. The average molecular weight is 870 g/mol. The van der Waals surface area contributed by atoms with E-state index < -0.39 is 35.7 Å². The summed E-state index contributed by atoms with van der Waals surface area (Å²) in [5, 5.41) is 7.33. The van der Waals surface area contributed by atoms with Gasteiger partial charge in [-0.2, -0.15) is 0 Å². The molecule has 15 nitrogen and oxygen atoms in total. The monoisotopic (exact) mass is 870 g/mol. The Balaban J connectivity index is 1.51. The fourth-order valence-electron chi connectivity index (χ4n) is 10.2. The lowest BCUT2D eigenvalue weighted by molar-refractivity contribution is -0.200. The first-order chi connectivity index (χ1) is 29.5. The molecule has 3 aliphatic rings. The van der Waals surface area contributed by atoms with E-state index in [0.717, 1.165) is 37.7 Å². The zero-order chi connectivity index (χ0) is 45.9. The van der Waals surface area contributed by atoms with E-state index in [9.17, 15) is 24.0 Å². The van der Waals surface area contributed by atoms with E-state index in [0.29, 0.717) is 45.6 Å². The Morgan fingerprint density at radius 3 is 2.13 bits per heavy atom. The Bertz CT molecular complexity index is 1630. The van der Waals surface area contributed by atoms with E-state index in [1.807, 2.05) is 86.8 Å². The Kier molecular flexibility index (Phi) is 19.4. The number of carbonyl (C=O) groups excluding carboxylic acids is 5. The van der Waals surface area contributed by atoms with Crippen molar-refractivity contribution in [2.45, 2.75) is 148 Å². The number of amides is 5. The minimum atomic E-state index is -1.13. The van der Waals surface area contributed by atoms with Gasteiger partial charge in [-0.25, -0.2) is 5.06 Å². The van der Waals surface area contributed by atoms with Crippen molar-refractivity contribution in [1.82, 2.24) is 30.4 Å². The van der Waals surface area contributed by atoms with Crippen molar-refractivity contribution in [2.75, 3.05) is 61.1 Å². The Morgan fingerprint density at radius 1 is 0.903 bits per heavy atom. The molecule has 0 radical (unpaired) electrons. The lowest BCUT2D eigenvalue weighted by Gasteiger charge is -2.43. The van der Waals surface area contributed by atoms with Crippen LogP contribution in [0.5, 0.6) is 0 Å². The first kappa shape index (κ1) is 51.2. The summed E-state index contributed by atoms with van der Waals surface area (Å²) in [6.45, 7) is 16.4. The van der Waals surface area contributed by atoms with Crippen molar-refractivity contribution >= 4 is 29.5 Å². The van der Waals surface area contributed by atoms with Crippen LogP contribution in [0.2, 0.25) is 0 Å². The number of hydroxylamine groups is 2. The van der Waals surface area contributed by atoms with Crippen LogP contribution in [0, 0.1) is 23.7 Å². The molecule has 2 saturated heterocycles. The number of hydrogen-bond acceptors (Lipinski definition) is 11. The third kappa shape index (κ3) is 12.0. The number of likely N-dealkylation sites (tertiary alicyclic amines) is 1. The lowest BCUT2D eigenvalue weighted by Crippen LogP contribution is -2.60. The molecule has 2 aliphatic heterocycles. The van der Waals surface area contributed by atoms with Gasteiger partial charge in [-0.15, -0.1) is 0 Å². The number of nitrogens with one attached hydrogen (secondary N) is 2. The average Bonchev–Trinajstić information content (AvgIpc) is 3.77. The van der Waals surface area contributed by atoms with Gasteiger partial charge in [0.2, 0.25) is 23.6 Å². The van der Waals surface area contributed by atoms with E-state index in [-0.39, 0.29) is 71.7 Å². The molecule has 62 heavy (non-hydrogen) atoms. The van der Waals surface area contributed by atoms with Crippen molar-refractivity contribution in [3.63, 3.8) is 0 Å². The van der Waals surface area contributed by atoms with Gasteiger partial charge < -0.3 is 25.4 Å². The summed E-state index contributed by atoms with van der Waals surface area (Å²) in [5.74, 6) is -2.48. The molecule has 0 aromatic heterocycles. The van der Waals surface area contributed by atoms with Crippen LogP contribution < -0.4 is 16.4 Å². The first-order valence-corrected chi connectivity index (χ1v) is 23.1. The van der Waals surface area contributed by atoms with Crippen molar-refractivity contribution in [2.24, 2.45) is 29.4 Å². The van der Waals surface area contributed by atoms with Crippen molar-refractivity contribution in [1.29, 1.82) is 0 Å². The van der Waals surface area contributed by atoms with E-state index in [2.05, 4.69) is 24.5 Å². The van der Waals surface area contributed by atoms with Crippen LogP contribution in [-0.2, 0) is 38.3 Å². The highest BCUT2D eigenvalue weighted by molar-refractivity contribution is 6.00. The van der Waals surface area contributed by atoms with Crippen LogP contribution in [0.1, 0.15) is 111 Å². The number of imide groups is 1. The van der Waals surface area contributed by atoms with Crippen LogP contribution in [0.25, 0.3) is 0 Å². The summed E-state index contributed by atoms with van der Waals surface area (Å²) >= 11 is 0. The fraction of sp³-hybridized carbons (Fsp3) is 0.766. The molecule has 1 saturated carbocycles. The Morgan fingerprint density at radius 2 is 1.56 bits per heavy atom. The maximum Gasteiger partial charge on any atom is 0.272 e. The summed E-state index contributed by atoms with van der Waals surface area (Å²) in [5.41, 5.74) is 5.59. The maximum absolute atomic E-state index is 14.5. The van der Waals surface area contributed by atoms with E-state index in [4.69, 9.17) is 20.0 Å². The largest absolute Gasteiger partial charge is 0.379 e. The smallest absolute Gasteiger partial charge is 0.272 e. The standard InChI is InChI=1S/C47H79N7O8/c1-12-32(6)41(52(9)40(31(4)5)45(58)49-44(57)39(30(2)3)51(8)24-19-23-48)37(60-10)28-38(55)53-25-18-22-36(53)42(61-11)33(7)43(56)50-47(46(59)54-26-16-17-27-62-54)29-35(47)34-20-14-13-15-21-34/h13-15,20-21,30-33,35-37,39-42H,12,16-19,22-29,48H2,1-11H3,(H,50,56)(H,49,57,58)/t32-,33+,35+,36-,37+,39-,40-,41-,42+,47-/m0/s1. The number of nitrogens with zero attached hydrogens (tertiary/aromatic N) is 4. The van der Waals surface area contributed by atoms with Crippen LogP contribution in [-0.4, -0.2) is 152 Å². The molecular weight excluding hydrogens is 791 g/mol. The zero-order valence-corrected chi connectivity index (χ0v) is 39.6. The molecule has 2 heterocycles. The molecule has 0 spiro atoms. The number of benzene rings is 1. The molecule has 1 aromatic carbocycles. The molecule has 4 N–H and O–H groups in total. The van der Waals surface area contributed by atoms with Crippen molar-refractivity contribution in [3.8, 4) is 0 Å². The van der Waals surface area contributed by atoms with Gasteiger partial charge in [-0.3, -0.25) is 43.9 Å². The second-order valence-corrected chi connectivity index (χ2v) is 18.7. The predicted molar refractivity (Wildman–Crippen MR) is 239 cm³/mol. The molecule has 1 aromatic rings. The predicted octanol–water partition coefficient (Wildman–Crippen LogP) is 3.95. The van der Waals surface area contributed by atoms with Crippen LogP contribution in [0.4, 0.5) is 0 Å². The lowest BCUT2D eigenvalue weighted by atomic mass is 9.87. The van der Waals surface area contributed by atoms with E-state index >= 15 is 0 Å². The highest BCUT2D eigenvalue weighted by Gasteiger charge is 2.64. The quantitative estimate of drug-likeness (QED) is 0.145. The first-order valence-electron chi connectivity index (χ1n) is 23.1. The van der Waals surface area contributed by atoms with Crippen LogP contribution in [0.3, 0.4) is 0 Å². The van der Waals surface area contributed by atoms with Crippen molar-refractivity contribution in [3.05, 3.63) is 35.9 Å². The van der Waals surface area contributed by atoms with Gasteiger partial charge in [0.15, 0.2) is 0 Å². The molecule has 1 aliphatic carbocycles. The molecule has 350 valence electrons. The van der Waals surface area contributed by atoms with Gasteiger partial charge in [0.05, 0.1) is 49.3 Å². The summed E-state index contributed by atoms with van der Waals surface area (Å²) in [6, 6.07) is 7.83. The molecule has 5 amide bonds. The van der Waals surface area contributed by atoms with Gasteiger partial charge in [0.25, 0.3) is 5.91 Å². The molecule has 0 unspecified atom stereocenters. The molecular formula is C47H79N7O8. The second kappa shape index (κ2) is 23.5. The van der Waals surface area contributed by atoms with Crippen molar-refractivity contribution < 1.29 is 38.3 Å². The molecule has 0 bridgehead atoms. The fourth-order valence-corrected chi connectivity index (χ4v) is 10.2. The zero-order valence-electron chi connectivity index (χ0n) is 39.6. The SMILES string of the molecule is CC[C@H](C)[C@@H]([C@@H](CC(=O)N1CCC[C@H]1[C@H](OC)[C@@H](C)C(=O)N[C@@]1(C(=O)N2CCCCO2)C[C@@H]1c1ccccc1)OC)N(C)[C@H](C(=O)NC(=O)[C@H](C(C)C)N(C)CCCN)C(C)C. The Hall–Kier alpha value is -3.47. The van der Waals surface area contributed by atoms with Gasteiger partial charge in [-0.1, -0.05) is 85.2 Å². The Labute approximate surface area is 371 Å². The number of rotatable bonds is 23. The van der Waals surface area contributed by atoms with Gasteiger partial charge in [-0.05, 0) is 89.0 Å². The third-order valence-electron chi connectivity index (χ3n) is 13.7. The third-order valence-corrected chi connectivity index (χ3v) is 13.7. The number of carbonyl (C=O) groups is 5.